The van der Waals surface area contributed by atoms with E-state index in [0.29, 0.717) is 48.2 Å². The van der Waals surface area contributed by atoms with Gasteiger partial charge in [-0.15, -0.1) is 5.10 Å². The summed E-state index contributed by atoms with van der Waals surface area (Å²) in [5.74, 6) is 1.91. The normalized spacial score (nSPS) is 13.5. The summed E-state index contributed by atoms with van der Waals surface area (Å²) in [4.78, 5) is 20.2. The molecule has 4 rings (SSSR count). The predicted molar refractivity (Wildman–Crippen MR) is 147 cm³/mol. The van der Waals surface area contributed by atoms with Crippen molar-refractivity contribution in [3.63, 3.8) is 0 Å². The van der Waals surface area contributed by atoms with Crippen molar-refractivity contribution < 1.29 is 14.2 Å². The number of allylic oxidation sites excluding steroid dienone is 3. The van der Waals surface area contributed by atoms with Crippen molar-refractivity contribution in [3.05, 3.63) is 87.6 Å². The van der Waals surface area contributed by atoms with Crippen LogP contribution in [0.2, 0.25) is 0 Å². The van der Waals surface area contributed by atoms with Gasteiger partial charge in [-0.3, -0.25) is 10.4 Å². The van der Waals surface area contributed by atoms with Gasteiger partial charge in [0.05, 0.1) is 20.8 Å². The monoisotopic (exact) mass is 517 g/mol. The average Bonchev–Trinajstić information content (AvgIpc) is 3.12. The van der Waals surface area contributed by atoms with Crippen LogP contribution < -0.4 is 26.2 Å². The van der Waals surface area contributed by atoms with E-state index in [4.69, 9.17) is 25.4 Å². The molecule has 0 saturated heterocycles. The summed E-state index contributed by atoms with van der Waals surface area (Å²) in [5.41, 5.74) is 8.19. The van der Waals surface area contributed by atoms with Crippen molar-refractivity contribution in [1.29, 1.82) is 5.41 Å². The highest BCUT2D eigenvalue weighted by molar-refractivity contribution is 5.95. The van der Waals surface area contributed by atoms with Crippen LogP contribution in [0.4, 0.5) is 5.69 Å². The quantitative estimate of drug-likeness (QED) is 0.225. The topological polar surface area (TPSA) is 153 Å². The van der Waals surface area contributed by atoms with Crippen LogP contribution in [0.3, 0.4) is 0 Å². The molecule has 1 aliphatic rings. The number of hydrogen-bond donors (Lipinski definition) is 4. The Bertz CT molecular complexity index is 1430. The van der Waals surface area contributed by atoms with E-state index in [-0.39, 0.29) is 5.84 Å². The summed E-state index contributed by atoms with van der Waals surface area (Å²) in [5, 5.41) is 15.7. The molecular weight excluding hydrogens is 486 g/mol. The molecule has 0 aliphatic carbocycles. The van der Waals surface area contributed by atoms with Crippen molar-refractivity contribution in [1.82, 2.24) is 14.8 Å². The zero-order chi connectivity index (χ0) is 27.1. The SMILES string of the molecule is COCCc1cc(C(Nc2ccc(C(=N)N)cc2)c2nn(C3=CC=CCC=N3)c(=O)[nH]2)cc(OC)c1OC. The van der Waals surface area contributed by atoms with Gasteiger partial charge in [0.25, 0.3) is 0 Å². The molecule has 0 saturated carbocycles. The molecule has 0 spiro atoms. The standard InChI is InChI=1S/C27H31N7O4/c1-36-14-12-18-15-19(16-21(37-2)24(18)38-3)23(31-20-10-8-17(9-11-20)25(28)29)26-32-27(35)34(33-26)22-7-5-4-6-13-30-22/h4-5,7-11,13,15-16,23,31H,6,12,14H2,1-3H3,(H3,28,29)(H,32,33,35). The number of aliphatic imine (C=N–C) groups is 1. The van der Waals surface area contributed by atoms with E-state index in [2.05, 4.69) is 20.4 Å². The summed E-state index contributed by atoms with van der Waals surface area (Å²) in [6, 6.07) is 10.4. The molecule has 2 heterocycles. The number of aromatic nitrogens is 3. The fourth-order valence-electron chi connectivity index (χ4n) is 4.09. The van der Waals surface area contributed by atoms with Gasteiger partial charge >= 0.3 is 5.69 Å². The number of nitrogens with two attached hydrogens (primary N) is 1. The van der Waals surface area contributed by atoms with E-state index in [1.165, 1.54) is 4.68 Å². The number of anilines is 1. The molecule has 3 aromatic rings. The molecule has 1 aromatic heterocycles. The number of nitrogens with zero attached hydrogens (tertiary/aromatic N) is 3. The maximum absolute atomic E-state index is 13.0. The largest absolute Gasteiger partial charge is 0.493 e. The Morgan fingerprint density at radius 1 is 1.21 bits per heavy atom. The lowest BCUT2D eigenvalue weighted by Crippen LogP contribution is -2.17. The minimum Gasteiger partial charge on any atom is -0.493 e. The number of ether oxygens (including phenoxy) is 3. The van der Waals surface area contributed by atoms with Crippen molar-refractivity contribution >= 4 is 23.6 Å². The molecule has 0 amide bonds. The van der Waals surface area contributed by atoms with Gasteiger partial charge in [-0.1, -0.05) is 12.2 Å². The lowest BCUT2D eigenvalue weighted by atomic mass is 9.99. The molecule has 198 valence electrons. The Morgan fingerprint density at radius 2 is 2.00 bits per heavy atom. The predicted octanol–water partition coefficient (Wildman–Crippen LogP) is 3.09. The molecule has 38 heavy (non-hydrogen) atoms. The third kappa shape index (κ3) is 5.84. The Labute approximate surface area is 220 Å². The molecule has 0 radical (unpaired) electrons. The number of methoxy groups -OCH3 is 3. The van der Waals surface area contributed by atoms with Crippen LogP contribution in [0.5, 0.6) is 11.5 Å². The molecular formula is C27H31N7O4. The first-order chi connectivity index (χ1) is 18.4. The lowest BCUT2D eigenvalue weighted by molar-refractivity contribution is 0.201. The smallest absolute Gasteiger partial charge is 0.349 e. The molecule has 1 aliphatic heterocycles. The van der Waals surface area contributed by atoms with E-state index in [0.717, 1.165) is 16.8 Å². The number of hydrogen-bond acceptors (Lipinski definition) is 8. The minimum atomic E-state index is -0.584. The maximum Gasteiger partial charge on any atom is 0.349 e. The third-order valence-corrected chi connectivity index (χ3v) is 5.97. The molecule has 0 bridgehead atoms. The summed E-state index contributed by atoms with van der Waals surface area (Å²) in [6.07, 6.45) is 8.49. The van der Waals surface area contributed by atoms with Crippen LogP contribution in [-0.2, 0) is 11.2 Å². The van der Waals surface area contributed by atoms with Crippen LogP contribution in [0.15, 0.2) is 64.4 Å². The minimum absolute atomic E-state index is 0.0230. The van der Waals surface area contributed by atoms with Crippen molar-refractivity contribution in [2.45, 2.75) is 18.9 Å². The molecule has 0 fully saturated rings. The lowest BCUT2D eigenvalue weighted by Gasteiger charge is -2.22. The van der Waals surface area contributed by atoms with Gasteiger partial charge in [0.2, 0.25) is 0 Å². The molecule has 5 N–H and O–H groups in total. The van der Waals surface area contributed by atoms with Gasteiger partial charge in [-0.05, 0) is 54.5 Å². The molecule has 2 aromatic carbocycles. The molecule has 11 heteroatoms. The number of amidine groups is 1. The maximum atomic E-state index is 13.0. The highest BCUT2D eigenvalue weighted by Crippen LogP contribution is 2.37. The highest BCUT2D eigenvalue weighted by Gasteiger charge is 2.24. The van der Waals surface area contributed by atoms with Gasteiger partial charge in [-0.25, -0.2) is 9.79 Å². The van der Waals surface area contributed by atoms with Gasteiger partial charge in [0.1, 0.15) is 11.9 Å². The highest BCUT2D eigenvalue weighted by atomic mass is 16.5. The second-order valence-corrected chi connectivity index (χ2v) is 8.45. The summed E-state index contributed by atoms with van der Waals surface area (Å²) in [7, 11) is 4.81. The zero-order valence-electron chi connectivity index (χ0n) is 21.5. The molecule has 11 nitrogen and oxygen atoms in total. The summed E-state index contributed by atoms with van der Waals surface area (Å²) < 4.78 is 17.8. The third-order valence-electron chi connectivity index (χ3n) is 5.97. The number of H-pyrrole nitrogens is 1. The first-order valence-electron chi connectivity index (χ1n) is 12.0. The average molecular weight is 518 g/mol. The van der Waals surface area contributed by atoms with Crippen molar-refractivity contribution in [2.75, 3.05) is 33.3 Å². The number of aromatic amines is 1. The van der Waals surface area contributed by atoms with Gasteiger partial charge < -0.3 is 25.3 Å². The van der Waals surface area contributed by atoms with Crippen LogP contribution in [0.25, 0.3) is 5.82 Å². The van der Waals surface area contributed by atoms with Crippen molar-refractivity contribution in [2.24, 2.45) is 10.7 Å². The van der Waals surface area contributed by atoms with Crippen LogP contribution in [0.1, 0.15) is 35.0 Å². The van der Waals surface area contributed by atoms with E-state index in [1.807, 2.05) is 36.4 Å². The first-order valence-corrected chi connectivity index (χ1v) is 12.0. The Hall–Kier alpha value is -4.64. The second kappa shape index (κ2) is 12.1. The van der Waals surface area contributed by atoms with E-state index in [9.17, 15) is 4.79 Å². The van der Waals surface area contributed by atoms with Gasteiger partial charge in [-0.2, -0.15) is 4.68 Å². The Kier molecular flexibility index (Phi) is 8.39. The van der Waals surface area contributed by atoms with Crippen LogP contribution >= 0.6 is 0 Å². The zero-order valence-corrected chi connectivity index (χ0v) is 21.5. The fraction of sp³-hybridized carbons (Fsp3) is 0.259. The number of rotatable bonds is 11. The number of nitrogens with one attached hydrogen (secondary N) is 3. The fourth-order valence-corrected chi connectivity index (χ4v) is 4.09. The first kappa shape index (κ1) is 26.4. The summed E-state index contributed by atoms with van der Waals surface area (Å²) >= 11 is 0. The van der Waals surface area contributed by atoms with E-state index in [1.54, 1.807) is 45.8 Å². The Morgan fingerprint density at radius 3 is 2.68 bits per heavy atom. The number of nitrogen functional groups attached to an aromatic ring is 1. The van der Waals surface area contributed by atoms with Gasteiger partial charge in [0.15, 0.2) is 23.1 Å². The Balaban J connectivity index is 1.83. The van der Waals surface area contributed by atoms with E-state index < -0.39 is 11.7 Å². The molecule has 1 unspecified atom stereocenters. The molecule has 1 atom stereocenters. The van der Waals surface area contributed by atoms with Gasteiger partial charge in [0, 0.05) is 36.6 Å². The van der Waals surface area contributed by atoms with Crippen LogP contribution in [0, 0.1) is 5.41 Å². The van der Waals surface area contributed by atoms with E-state index >= 15 is 0 Å². The van der Waals surface area contributed by atoms with Crippen molar-refractivity contribution in [3.8, 4) is 11.5 Å². The van der Waals surface area contributed by atoms with Crippen LogP contribution in [-0.4, -0.2) is 54.8 Å². The second-order valence-electron chi connectivity index (χ2n) is 8.45. The summed E-state index contributed by atoms with van der Waals surface area (Å²) in [6.45, 7) is 0.485. The number of benzene rings is 2.